The second kappa shape index (κ2) is 3.77. The zero-order chi connectivity index (χ0) is 9.10. The zero-order valence-electron chi connectivity index (χ0n) is 7.14. The molecule has 2 heterocycles. The third-order valence-corrected chi connectivity index (χ3v) is 2.87. The molecule has 0 aromatic carbocycles. The Hall–Kier alpha value is -1.06. The first-order chi connectivity index (χ1) is 6.36. The van der Waals surface area contributed by atoms with Crippen molar-refractivity contribution in [2.45, 2.75) is 12.5 Å². The number of nitrogens with two attached hydrogens (primary N) is 1. The Morgan fingerprint density at radius 1 is 1.46 bits per heavy atom. The molecule has 2 aromatic heterocycles. The molecule has 0 aliphatic carbocycles. The van der Waals surface area contributed by atoms with Crippen molar-refractivity contribution < 1.29 is 4.42 Å². The second-order valence-electron chi connectivity index (χ2n) is 2.95. The lowest BCUT2D eigenvalue weighted by Gasteiger charge is -2.06. The lowest BCUT2D eigenvalue weighted by molar-refractivity contribution is 0.558. The topological polar surface area (TPSA) is 39.2 Å². The lowest BCUT2D eigenvalue weighted by atomic mass is 10.1. The molecular formula is C10H11NOS. The molecule has 68 valence electrons. The van der Waals surface area contributed by atoms with E-state index in [0.717, 1.165) is 12.0 Å². The molecule has 2 N–H and O–H groups in total. The van der Waals surface area contributed by atoms with Crippen molar-refractivity contribution in [3.63, 3.8) is 0 Å². The van der Waals surface area contributed by atoms with E-state index in [4.69, 9.17) is 10.2 Å². The van der Waals surface area contributed by atoms with Crippen LogP contribution >= 0.6 is 11.3 Å². The minimum atomic E-state index is 0.0531. The van der Waals surface area contributed by atoms with Crippen LogP contribution in [0.4, 0.5) is 0 Å². The van der Waals surface area contributed by atoms with Gasteiger partial charge in [0.1, 0.15) is 0 Å². The Balaban J connectivity index is 2.04. The van der Waals surface area contributed by atoms with Gasteiger partial charge in [0.25, 0.3) is 0 Å². The van der Waals surface area contributed by atoms with E-state index in [2.05, 4.69) is 11.4 Å². The molecule has 0 amide bonds. The van der Waals surface area contributed by atoms with Gasteiger partial charge < -0.3 is 10.2 Å². The highest BCUT2D eigenvalue weighted by atomic mass is 32.1. The van der Waals surface area contributed by atoms with Crippen LogP contribution in [-0.2, 0) is 6.42 Å². The summed E-state index contributed by atoms with van der Waals surface area (Å²) in [5.41, 5.74) is 7.04. The van der Waals surface area contributed by atoms with Crippen LogP contribution in [0.1, 0.15) is 16.5 Å². The molecule has 2 nitrogen and oxygen atoms in total. The minimum Gasteiger partial charge on any atom is -0.472 e. The van der Waals surface area contributed by atoms with E-state index < -0.39 is 0 Å². The van der Waals surface area contributed by atoms with E-state index in [0.29, 0.717) is 0 Å². The Morgan fingerprint density at radius 3 is 3.00 bits per heavy atom. The highest BCUT2D eigenvalue weighted by molar-refractivity contribution is 7.09. The summed E-state index contributed by atoms with van der Waals surface area (Å²) in [6.45, 7) is 0. The van der Waals surface area contributed by atoms with E-state index in [9.17, 15) is 0 Å². The molecule has 0 saturated heterocycles. The largest absolute Gasteiger partial charge is 0.472 e. The summed E-state index contributed by atoms with van der Waals surface area (Å²) in [5, 5.41) is 2.07. The number of furan rings is 1. The van der Waals surface area contributed by atoms with E-state index in [-0.39, 0.29) is 6.04 Å². The minimum absolute atomic E-state index is 0.0531. The Kier molecular flexibility index (Phi) is 2.47. The lowest BCUT2D eigenvalue weighted by Crippen LogP contribution is -2.11. The van der Waals surface area contributed by atoms with Gasteiger partial charge in [-0.1, -0.05) is 6.07 Å². The molecule has 2 aromatic rings. The maximum absolute atomic E-state index is 5.98. The third-order valence-electron chi connectivity index (χ3n) is 1.97. The smallest absolute Gasteiger partial charge is 0.0950 e. The summed E-state index contributed by atoms with van der Waals surface area (Å²) in [7, 11) is 0. The van der Waals surface area contributed by atoms with Crippen LogP contribution in [0.5, 0.6) is 0 Å². The normalized spacial score (nSPS) is 13.0. The predicted molar refractivity (Wildman–Crippen MR) is 53.7 cm³/mol. The highest BCUT2D eigenvalue weighted by Crippen LogP contribution is 2.19. The second-order valence-corrected chi connectivity index (χ2v) is 3.98. The van der Waals surface area contributed by atoms with E-state index >= 15 is 0 Å². The van der Waals surface area contributed by atoms with Gasteiger partial charge in [-0.15, -0.1) is 11.3 Å². The van der Waals surface area contributed by atoms with Crippen molar-refractivity contribution in [2.24, 2.45) is 5.73 Å². The summed E-state index contributed by atoms with van der Waals surface area (Å²) < 4.78 is 4.98. The van der Waals surface area contributed by atoms with Gasteiger partial charge in [-0.05, 0) is 17.5 Å². The monoisotopic (exact) mass is 193 g/mol. The van der Waals surface area contributed by atoms with Crippen LogP contribution in [0.2, 0.25) is 0 Å². The predicted octanol–water partition coefficient (Wildman–Crippen LogP) is 2.58. The number of thiophene rings is 1. The fraction of sp³-hybridized carbons (Fsp3) is 0.200. The van der Waals surface area contributed by atoms with Gasteiger partial charge in [0, 0.05) is 22.9 Å². The molecule has 0 fully saturated rings. The number of rotatable bonds is 3. The number of hydrogen-bond donors (Lipinski definition) is 1. The highest BCUT2D eigenvalue weighted by Gasteiger charge is 2.08. The number of hydrogen-bond acceptors (Lipinski definition) is 3. The zero-order valence-corrected chi connectivity index (χ0v) is 7.96. The van der Waals surface area contributed by atoms with E-state index in [1.807, 2.05) is 12.1 Å². The van der Waals surface area contributed by atoms with Gasteiger partial charge in [0.2, 0.25) is 0 Å². The van der Waals surface area contributed by atoms with Crippen LogP contribution in [0, 0.1) is 0 Å². The SMILES string of the molecule is NC(Cc1cccs1)c1ccoc1. The Bertz CT molecular complexity index is 339. The quantitative estimate of drug-likeness (QED) is 0.813. The summed E-state index contributed by atoms with van der Waals surface area (Å²) in [6.07, 6.45) is 4.25. The van der Waals surface area contributed by atoms with Crippen molar-refractivity contribution in [1.82, 2.24) is 0 Å². The molecule has 1 atom stereocenters. The van der Waals surface area contributed by atoms with Crippen LogP contribution in [0.15, 0.2) is 40.5 Å². The first-order valence-electron chi connectivity index (χ1n) is 4.16. The fourth-order valence-electron chi connectivity index (χ4n) is 1.25. The summed E-state index contributed by atoms with van der Waals surface area (Å²) in [4.78, 5) is 1.31. The van der Waals surface area contributed by atoms with E-state index in [1.54, 1.807) is 23.9 Å². The molecule has 2 rings (SSSR count). The van der Waals surface area contributed by atoms with Gasteiger partial charge in [-0.2, -0.15) is 0 Å². The maximum Gasteiger partial charge on any atom is 0.0950 e. The van der Waals surface area contributed by atoms with Gasteiger partial charge in [0.05, 0.1) is 12.5 Å². The van der Waals surface area contributed by atoms with Gasteiger partial charge in [-0.3, -0.25) is 0 Å². The van der Waals surface area contributed by atoms with Crippen LogP contribution in [0.3, 0.4) is 0 Å². The van der Waals surface area contributed by atoms with Gasteiger partial charge >= 0.3 is 0 Å². The molecule has 0 aliphatic heterocycles. The Morgan fingerprint density at radius 2 is 2.38 bits per heavy atom. The summed E-state index contributed by atoms with van der Waals surface area (Å²) >= 11 is 1.74. The van der Waals surface area contributed by atoms with Crippen molar-refractivity contribution in [3.8, 4) is 0 Å². The molecule has 0 spiro atoms. The van der Waals surface area contributed by atoms with Crippen LogP contribution < -0.4 is 5.73 Å². The molecule has 0 bridgehead atoms. The molecule has 0 radical (unpaired) electrons. The van der Waals surface area contributed by atoms with Crippen LogP contribution in [-0.4, -0.2) is 0 Å². The van der Waals surface area contributed by atoms with Crippen molar-refractivity contribution in [1.29, 1.82) is 0 Å². The molecule has 3 heteroatoms. The molecule has 13 heavy (non-hydrogen) atoms. The van der Waals surface area contributed by atoms with Gasteiger partial charge in [0.15, 0.2) is 0 Å². The maximum atomic E-state index is 5.98. The van der Waals surface area contributed by atoms with E-state index in [1.165, 1.54) is 4.88 Å². The van der Waals surface area contributed by atoms with Gasteiger partial charge in [-0.25, -0.2) is 0 Å². The van der Waals surface area contributed by atoms with Crippen molar-refractivity contribution in [3.05, 3.63) is 46.5 Å². The average Bonchev–Trinajstić information content (AvgIpc) is 2.74. The standard InChI is InChI=1S/C10H11NOS/c11-10(8-3-4-12-7-8)6-9-2-1-5-13-9/h1-5,7,10H,6,11H2. The average molecular weight is 193 g/mol. The molecule has 0 aliphatic rings. The molecule has 1 unspecified atom stereocenters. The van der Waals surface area contributed by atoms with Crippen molar-refractivity contribution >= 4 is 11.3 Å². The fourth-order valence-corrected chi connectivity index (χ4v) is 2.01. The van der Waals surface area contributed by atoms with Crippen molar-refractivity contribution in [2.75, 3.05) is 0 Å². The summed E-state index contributed by atoms with van der Waals surface area (Å²) in [5.74, 6) is 0. The Labute approximate surface area is 81.0 Å². The summed E-state index contributed by atoms with van der Waals surface area (Å²) in [6, 6.07) is 6.11. The third kappa shape index (κ3) is 1.99. The molecule has 0 saturated carbocycles. The molecular weight excluding hydrogens is 182 g/mol. The first kappa shape index (κ1) is 8.53. The van der Waals surface area contributed by atoms with Crippen LogP contribution in [0.25, 0.3) is 0 Å². The first-order valence-corrected chi connectivity index (χ1v) is 5.04.